The molecule has 1 heterocycles. The van der Waals surface area contributed by atoms with Gasteiger partial charge in [-0.2, -0.15) is 0 Å². The van der Waals surface area contributed by atoms with Crippen molar-refractivity contribution in [1.82, 2.24) is 5.16 Å². The second kappa shape index (κ2) is 9.81. The molecule has 1 aromatic heterocycles. The number of ether oxygens (including phenoxy) is 1. The van der Waals surface area contributed by atoms with Crippen molar-refractivity contribution in [1.29, 1.82) is 0 Å². The Kier molecular flexibility index (Phi) is 6.94. The summed E-state index contributed by atoms with van der Waals surface area (Å²) in [5.41, 5.74) is 8.56. The van der Waals surface area contributed by atoms with E-state index in [0.717, 1.165) is 11.1 Å². The van der Waals surface area contributed by atoms with E-state index in [1.54, 1.807) is 12.1 Å². The molecule has 3 aromatic rings. The molecule has 0 amide bonds. The lowest BCUT2D eigenvalue weighted by molar-refractivity contribution is 0.00280. The van der Waals surface area contributed by atoms with Crippen molar-refractivity contribution in [3.8, 4) is 11.1 Å². The molecule has 3 rings (SSSR count). The predicted molar refractivity (Wildman–Crippen MR) is 109 cm³/mol. The molecule has 0 fully saturated rings. The zero-order valence-electron chi connectivity index (χ0n) is 16.0. The van der Waals surface area contributed by atoms with Gasteiger partial charge in [0.2, 0.25) is 5.88 Å². The molecule has 7 nitrogen and oxygen atoms in total. The number of hydrogen-bond donors (Lipinski definition) is 3. The fourth-order valence-corrected chi connectivity index (χ4v) is 2.84. The zero-order valence-corrected chi connectivity index (χ0v) is 16.0. The van der Waals surface area contributed by atoms with Crippen LogP contribution in [0, 0.1) is 5.82 Å². The van der Waals surface area contributed by atoms with Gasteiger partial charge in [0.1, 0.15) is 12.6 Å². The first kappa shape index (κ1) is 20.5. The molecule has 4 N–H and O–H groups in total. The van der Waals surface area contributed by atoms with Crippen LogP contribution in [0.3, 0.4) is 0 Å². The molecule has 0 aliphatic heterocycles. The summed E-state index contributed by atoms with van der Waals surface area (Å²) < 4.78 is 24.7. The van der Waals surface area contributed by atoms with Crippen LogP contribution in [-0.4, -0.2) is 36.2 Å². The van der Waals surface area contributed by atoms with Gasteiger partial charge in [0.25, 0.3) is 0 Å². The van der Waals surface area contributed by atoms with E-state index in [0.29, 0.717) is 23.7 Å². The molecule has 0 spiro atoms. The average molecular weight is 398 g/mol. The van der Waals surface area contributed by atoms with Crippen molar-refractivity contribution in [2.75, 3.05) is 25.3 Å². The first-order chi connectivity index (χ1) is 14.1. The van der Waals surface area contributed by atoms with Crippen LogP contribution in [0.25, 0.3) is 11.1 Å². The smallest absolute Gasteiger partial charge is 0.231 e. The second-order valence-electron chi connectivity index (χ2n) is 6.37. The maximum absolute atomic E-state index is 14.6. The summed E-state index contributed by atoms with van der Waals surface area (Å²) in [6.45, 7) is 2.10. The topological polar surface area (TPSA) is 106 Å². The summed E-state index contributed by atoms with van der Waals surface area (Å²) in [5, 5.41) is 15.4. The van der Waals surface area contributed by atoms with Gasteiger partial charge >= 0.3 is 0 Å². The number of guanidine groups is 1. The van der Waals surface area contributed by atoms with Crippen LogP contribution >= 0.6 is 0 Å². The number of aliphatic imine (C=N–C) groups is 1. The molecule has 0 saturated heterocycles. The van der Waals surface area contributed by atoms with Crippen LogP contribution in [0.2, 0.25) is 0 Å². The SMILES string of the molecule is CC(c1ccc(-c2ccccc2)c(F)c1)c1cc(NC(N)=NCCOCO)on1. The van der Waals surface area contributed by atoms with E-state index in [2.05, 4.69) is 15.5 Å². The average Bonchev–Trinajstić information content (AvgIpc) is 3.19. The lowest BCUT2D eigenvalue weighted by atomic mass is 9.95. The van der Waals surface area contributed by atoms with E-state index in [1.165, 1.54) is 6.07 Å². The number of nitrogens with two attached hydrogens (primary N) is 1. The number of rotatable bonds is 8. The first-order valence-corrected chi connectivity index (χ1v) is 9.15. The van der Waals surface area contributed by atoms with Gasteiger partial charge in [-0.05, 0) is 17.2 Å². The third kappa shape index (κ3) is 5.40. The molecule has 152 valence electrons. The monoisotopic (exact) mass is 398 g/mol. The summed E-state index contributed by atoms with van der Waals surface area (Å²) in [5.74, 6) is 0.00585. The van der Waals surface area contributed by atoms with Gasteiger partial charge in [-0.15, -0.1) is 0 Å². The molecule has 1 unspecified atom stereocenters. The molecule has 1 atom stereocenters. The Hall–Kier alpha value is -3.23. The normalized spacial score (nSPS) is 12.7. The number of aromatic nitrogens is 1. The van der Waals surface area contributed by atoms with Crippen LogP contribution in [0.15, 0.2) is 64.1 Å². The number of halogens is 1. The van der Waals surface area contributed by atoms with Crippen molar-refractivity contribution in [3.63, 3.8) is 0 Å². The third-order valence-corrected chi connectivity index (χ3v) is 4.41. The van der Waals surface area contributed by atoms with Gasteiger partial charge < -0.3 is 20.1 Å². The summed E-state index contributed by atoms with van der Waals surface area (Å²) in [4.78, 5) is 4.03. The van der Waals surface area contributed by atoms with E-state index in [-0.39, 0.29) is 31.1 Å². The summed E-state index contributed by atoms with van der Waals surface area (Å²) in [6.07, 6.45) is 0. The molecule has 0 saturated carbocycles. The van der Waals surface area contributed by atoms with E-state index in [9.17, 15) is 4.39 Å². The molecular formula is C21H23FN4O3. The minimum absolute atomic E-state index is 0.139. The number of aliphatic hydroxyl groups excluding tert-OH is 1. The van der Waals surface area contributed by atoms with Gasteiger partial charge in [0.15, 0.2) is 5.96 Å². The van der Waals surface area contributed by atoms with Crippen LogP contribution in [0.4, 0.5) is 10.3 Å². The predicted octanol–water partition coefficient (Wildman–Crippen LogP) is 3.33. The second-order valence-corrected chi connectivity index (χ2v) is 6.37. The number of anilines is 1. The fourth-order valence-electron chi connectivity index (χ4n) is 2.84. The molecule has 2 aromatic carbocycles. The molecule has 29 heavy (non-hydrogen) atoms. The summed E-state index contributed by atoms with van der Waals surface area (Å²) in [6, 6.07) is 16.3. The zero-order chi connectivity index (χ0) is 20.6. The minimum Gasteiger partial charge on any atom is -0.371 e. The Morgan fingerprint density at radius 3 is 2.79 bits per heavy atom. The van der Waals surface area contributed by atoms with Gasteiger partial charge in [0.05, 0.1) is 18.8 Å². The van der Waals surface area contributed by atoms with Crippen molar-refractivity contribution >= 4 is 11.8 Å². The lowest BCUT2D eigenvalue weighted by Gasteiger charge is -2.11. The summed E-state index contributed by atoms with van der Waals surface area (Å²) in [7, 11) is 0. The number of benzene rings is 2. The third-order valence-electron chi connectivity index (χ3n) is 4.41. The summed E-state index contributed by atoms with van der Waals surface area (Å²) >= 11 is 0. The van der Waals surface area contributed by atoms with E-state index >= 15 is 0 Å². The largest absolute Gasteiger partial charge is 0.371 e. The van der Waals surface area contributed by atoms with Gasteiger partial charge in [-0.1, -0.05) is 54.5 Å². The van der Waals surface area contributed by atoms with Crippen molar-refractivity contribution in [2.24, 2.45) is 10.7 Å². The number of hydrogen-bond acceptors (Lipinski definition) is 5. The Morgan fingerprint density at radius 1 is 1.28 bits per heavy atom. The van der Waals surface area contributed by atoms with Crippen LogP contribution < -0.4 is 11.1 Å². The van der Waals surface area contributed by atoms with E-state index in [4.69, 9.17) is 20.1 Å². The molecule has 8 heteroatoms. The van der Waals surface area contributed by atoms with Gasteiger partial charge in [-0.25, -0.2) is 4.39 Å². The van der Waals surface area contributed by atoms with Crippen molar-refractivity contribution in [3.05, 3.63) is 71.7 Å². The Morgan fingerprint density at radius 2 is 2.07 bits per heavy atom. The standard InChI is InChI=1S/C21H23FN4O3/c1-14(16-7-8-17(18(22)11-16)15-5-3-2-4-6-15)19-12-20(29-26-19)25-21(23)24-9-10-28-13-27/h2-8,11-12,14,27H,9-10,13H2,1H3,(H3,23,24,25). The fraction of sp³-hybridized carbons (Fsp3) is 0.238. The highest BCUT2D eigenvalue weighted by Crippen LogP contribution is 2.29. The maximum Gasteiger partial charge on any atom is 0.231 e. The molecule has 0 bridgehead atoms. The van der Waals surface area contributed by atoms with E-state index in [1.807, 2.05) is 43.3 Å². The first-order valence-electron chi connectivity index (χ1n) is 9.15. The Balaban J connectivity index is 1.68. The Labute approximate surface area is 168 Å². The van der Waals surface area contributed by atoms with Crippen molar-refractivity contribution < 1.29 is 18.8 Å². The molecule has 0 aliphatic carbocycles. The highest BCUT2D eigenvalue weighted by Gasteiger charge is 2.16. The van der Waals surface area contributed by atoms with Crippen LogP contribution in [-0.2, 0) is 4.74 Å². The highest BCUT2D eigenvalue weighted by molar-refractivity contribution is 5.90. The number of aliphatic hydroxyl groups is 1. The quantitative estimate of drug-likeness (QED) is 0.233. The van der Waals surface area contributed by atoms with Crippen LogP contribution in [0.5, 0.6) is 0 Å². The molecule has 0 radical (unpaired) electrons. The van der Waals surface area contributed by atoms with Gasteiger partial charge in [0, 0.05) is 17.5 Å². The number of nitrogens with zero attached hydrogens (tertiary/aromatic N) is 2. The van der Waals surface area contributed by atoms with E-state index < -0.39 is 0 Å². The highest BCUT2D eigenvalue weighted by atomic mass is 19.1. The van der Waals surface area contributed by atoms with Crippen LogP contribution in [0.1, 0.15) is 24.1 Å². The number of nitrogens with one attached hydrogen (secondary N) is 1. The van der Waals surface area contributed by atoms with Gasteiger partial charge in [-0.3, -0.25) is 10.3 Å². The molecular weight excluding hydrogens is 375 g/mol. The Bertz CT molecular complexity index is 960. The minimum atomic E-state index is -0.362. The maximum atomic E-state index is 14.6. The lowest BCUT2D eigenvalue weighted by Crippen LogP contribution is -2.23. The molecule has 0 aliphatic rings. The van der Waals surface area contributed by atoms with Crippen molar-refractivity contribution in [2.45, 2.75) is 12.8 Å².